The van der Waals surface area contributed by atoms with Gasteiger partial charge >= 0.3 is 0 Å². The molecule has 3 aromatic carbocycles. The van der Waals surface area contributed by atoms with E-state index < -0.39 is 9.84 Å². The molecule has 138 valence electrons. The second-order valence-electron chi connectivity index (χ2n) is 6.70. The van der Waals surface area contributed by atoms with Gasteiger partial charge in [0.1, 0.15) is 5.75 Å². The monoisotopic (exact) mass is 380 g/mol. The maximum atomic E-state index is 12.0. The van der Waals surface area contributed by atoms with E-state index in [1.807, 2.05) is 60.7 Å². The summed E-state index contributed by atoms with van der Waals surface area (Å²) in [5.74, 6) is 0.404. The van der Waals surface area contributed by atoms with Gasteiger partial charge in [-0.25, -0.2) is 8.42 Å². The number of aromatic hydroxyl groups is 1. The highest BCUT2D eigenvalue weighted by molar-refractivity contribution is 7.91. The Balaban J connectivity index is 1.75. The van der Waals surface area contributed by atoms with Crippen molar-refractivity contribution in [3.63, 3.8) is 0 Å². The van der Waals surface area contributed by atoms with Gasteiger partial charge in [-0.05, 0) is 35.4 Å². The zero-order valence-electron chi connectivity index (χ0n) is 14.7. The van der Waals surface area contributed by atoms with Crippen LogP contribution in [0.2, 0.25) is 0 Å². The smallest absolute Gasteiger partial charge is 0.152 e. The maximum Gasteiger partial charge on any atom is 0.152 e. The lowest BCUT2D eigenvalue weighted by Crippen LogP contribution is -2.31. The SMILES string of the molecule is O=S1(=O)CCC(N(/N=C/c2c(O)ccc3ccccc23)c2ccccc2)C1. The molecule has 1 heterocycles. The zero-order valence-corrected chi connectivity index (χ0v) is 15.5. The standard InChI is InChI=1S/C21H20N2O3S/c24-21-11-10-16-6-4-5-9-19(16)20(21)14-22-23(17-7-2-1-3-8-17)18-12-13-27(25,26)15-18/h1-11,14,18,24H,12-13,15H2/b22-14+. The first kappa shape index (κ1) is 17.5. The second-order valence-corrected chi connectivity index (χ2v) is 8.93. The first-order valence-electron chi connectivity index (χ1n) is 8.83. The first-order chi connectivity index (χ1) is 13.0. The van der Waals surface area contributed by atoms with Crippen molar-refractivity contribution in [2.75, 3.05) is 16.5 Å². The summed E-state index contributed by atoms with van der Waals surface area (Å²) in [4.78, 5) is 0. The van der Waals surface area contributed by atoms with Gasteiger partial charge in [0.15, 0.2) is 9.84 Å². The van der Waals surface area contributed by atoms with Crippen molar-refractivity contribution in [2.45, 2.75) is 12.5 Å². The van der Waals surface area contributed by atoms with E-state index in [-0.39, 0.29) is 23.3 Å². The predicted molar refractivity (Wildman–Crippen MR) is 109 cm³/mol. The van der Waals surface area contributed by atoms with Crippen LogP contribution in [0.15, 0.2) is 71.8 Å². The molecule has 1 aliphatic rings. The van der Waals surface area contributed by atoms with Crippen molar-refractivity contribution in [1.29, 1.82) is 0 Å². The Kier molecular flexibility index (Phi) is 4.58. The zero-order chi connectivity index (χ0) is 18.9. The van der Waals surface area contributed by atoms with Crippen LogP contribution in [-0.4, -0.2) is 37.3 Å². The number of hydrogen-bond donors (Lipinski definition) is 1. The Bertz CT molecular complexity index is 1090. The van der Waals surface area contributed by atoms with E-state index >= 15 is 0 Å². The van der Waals surface area contributed by atoms with Gasteiger partial charge in [-0.3, -0.25) is 5.01 Å². The minimum absolute atomic E-state index is 0.0841. The van der Waals surface area contributed by atoms with Gasteiger partial charge < -0.3 is 5.11 Å². The van der Waals surface area contributed by atoms with Gasteiger partial charge in [0.05, 0.1) is 29.4 Å². The highest BCUT2D eigenvalue weighted by Crippen LogP contribution is 2.28. The molecule has 1 atom stereocenters. The highest BCUT2D eigenvalue weighted by atomic mass is 32.2. The van der Waals surface area contributed by atoms with Crippen molar-refractivity contribution in [1.82, 2.24) is 0 Å². The van der Waals surface area contributed by atoms with E-state index in [2.05, 4.69) is 5.10 Å². The first-order valence-corrected chi connectivity index (χ1v) is 10.6. The molecular formula is C21H20N2O3S. The van der Waals surface area contributed by atoms with Crippen LogP contribution in [0.1, 0.15) is 12.0 Å². The van der Waals surface area contributed by atoms with Crippen LogP contribution in [-0.2, 0) is 9.84 Å². The molecule has 0 aliphatic carbocycles. The van der Waals surface area contributed by atoms with Gasteiger partial charge in [0, 0.05) is 5.56 Å². The molecule has 0 spiro atoms. The van der Waals surface area contributed by atoms with Crippen molar-refractivity contribution < 1.29 is 13.5 Å². The van der Waals surface area contributed by atoms with Crippen LogP contribution in [0.4, 0.5) is 5.69 Å². The van der Waals surface area contributed by atoms with E-state index in [0.717, 1.165) is 16.5 Å². The average molecular weight is 380 g/mol. The predicted octanol–water partition coefficient (Wildman–Crippen LogP) is 3.57. The number of anilines is 1. The van der Waals surface area contributed by atoms with Crippen LogP contribution in [0.5, 0.6) is 5.75 Å². The van der Waals surface area contributed by atoms with E-state index in [0.29, 0.717) is 12.0 Å². The summed E-state index contributed by atoms with van der Waals surface area (Å²) in [6, 6.07) is 20.6. The maximum absolute atomic E-state index is 12.0. The summed E-state index contributed by atoms with van der Waals surface area (Å²) < 4.78 is 23.9. The molecule has 1 fully saturated rings. The summed E-state index contributed by atoms with van der Waals surface area (Å²) in [6.45, 7) is 0. The van der Waals surface area contributed by atoms with Gasteiger partial charge in [-0.2, -0.15) is 5.10 Å². The van der Waals surface area contributed by atoms with Gasteiger partial charge in [-0.15, -0.1) is 0 Å². The van der Waals surface area contributed by atoms with E-state index in [4.69, 9.17) is 0 Å². The van der Waals surface area contributed by atoms with E-state index in [9.17, 15) is 13.5 Å². The fourth-order valence-electron chi connectivity index (χ4n) is 3.46. The third-order valence-electron chi connectivity index (χ3n) is 4.83. The van der Waals surface area contributed by atoms with Crippen LogP contribution in [0.25, 0.3) is 10.8 Å². The molecule has 1 saturated heterocycles. The Hall–Kier alpha value is -2.86. The quantitative estimate of drug-likeness (QED) is 0.555. The molecule has 0 saturated carbocycles. The summed E-state index contributed by atoms with van der Waals surface area (Å²) >= 11 is 0. The number of benzene rings is 3. The Morgan fingerprint density at radius 3 is 2.48 bits per heavy atom. The topological polar surface area (TPSA) is 70.0 Å². The number of sulfone groups is 1. The molecule has 0 aromatic heterocycles. The third kappa shape index (κ3) is 3.66. The average Bonchev–Trinajstić information content (AvgIpc) is 3.04. The largest absolute Gasteiger partial charge is 0.507 e. The molecule has 1 N–H and O–H groups in total. The van der Waals surface area contributed by atoms with Crippen molar-refractivity contribution >= 4 is 32.5 Å². The minimum atomic E-state index is -3.04. The van der Waals surface area contributed by atoms with Crippen LogP contribution in [0.3, 0.4) is 0 Å². The number of nitrogens with zero attached hydrogens (tertiary/aromatic N) is 2. The fraction of sp³-hybridized carbons (Fsp3) is 0.190. The molecule has 1 aliphatic heterocycles. The molecule has 0 amide bonds. The summed E-state index contributed by atoms with van der Waals surface area (Å²) in [7, 11) is -3.04. The molecule has 6 heteroatoms. The fourth-order valence-corrected chi connectivity index (χ4v) is 5.15. The Labute approximate surface area is 158 Å². The lowest BCUT2D eigenvalue weighted by Gasteiger charge is -2.25. The number of hydrogen-bond acceptors (Lipinski definition) is 5. The number of rotatable bonds is 4. The molecular weight excluding hydrogens is 360 g/mol. The van der Waals surface area contributed by atoms with Crippen molar-refractivity contribution in [3.05, 3.63) is 72.3 Å². The number of hydrazone groups is 1. The molecule has 27 heavy (non-hydrogen) atoms. The number of fused-ring (bicyclic) bond motifs is 1. The van der Waals surface area contributed by atoms with Crippen molar-refractivity contribution in [2.24, 2.45) is 5.10 Å². The van der Waals surface area contributed by atoms with Crippen LogP contribution in [0, 0.1) is 0 Å². The molecule has 1 unspecified atom stereocenters. The second kappa shape index (κ2) is 7.04. The van der Waals surface area contributed by atoms with E-state index in [1.54, 1.807) is 17.3 Å². The van der Waals surface area contributed by atoms with Gasteiger partial charge in [-0.1, -0.05) is 48.5 Å². The van der Waals surface area contributed by atoms with Crippen molar-refractivity contribution in [3.8, 4) is 5.75 Å². The summed E-state index contributed by atoms with van der Waals surface area (Å²) in [5, 5.41) is 18.6. The molecule has 0 radical (unpaired) electrons. The highest BCUT2D eigenvalue weighted by Gasteiger charge is 2.32. The molecule has 0 bridgehead atoms. The Morgan fingerprint density at radius 2 is 1.74 bits per heavy atom. The molecule has 5 nitrogen and oxygen atoms in total. The van der Waals surface area contributed by atoms with Gasteiger partial charge in [0.25, 0.3) is 0 Å². The lowest BCUT2D eigenvalue weighted by atomic mass is 10.0. The normalized spacial score (nSPS) is 18.9. The molecule has 3 aromatic rings. The lowest BCUT2D eigenvalue weighted by molar-refractivity contribution is 0.475. The summed E-state index contributed by atoms with van der Waals surface area (Å²) in [6.07, 6.45) is 2.16. The molecule has 4 rings (SSSR count). The Morgan fingerprint density at radius 1 is 1.00 bits per heavy atom. The third-order valence-corrected chi connectivity index (χ3v) is 6.58. The minimum Gasteiger partial charge on any atom is -0.507 e. The summed E-state index contributed by atoms with van der Waals surface area (Å²) in [5.41, 5.74) is 1.45. The number of phenolic OH excluding ortho intramolecular Hbond substituents is 1. The van der Waals surface area contributed by atoms with Crippen LogP contribution < -0.4 is 5.01 Å². The number of para-hydroxylation sites is 1. The number of phenols is 1. The van der Waals surface area contributed by atoms with Gasteiger partial charge in [0.2, 0.25) is 0 Å². The van der Waals surface area contributed by atoms with E-state index in [1.165, 1.54) is 0 Å². The van der Waals surface area contributed by atoms with Crippen LogP contribution >= 0.6 is 0 Å².